The molecule has 0 saturated carbocycles. The monoisotopic (exact) mass is 239 g/mol. The smallest absolute Gasteiger partial charge is 0.105 e. The molecule has 0 aliphatic heterocycles. The first kappa shape index (κ1) is 16.4. The van der Waals surface area contributed by atoms with E-state index in [-0.39, 0.29) is 0 Å². The molecule has 0 saturated heterocycles. The lowest BCUT2D eigenvalue weighted by atomic mass is 9.93. The van der Waals surface area contributed by atoms with Gasteiger partial charge in [-0.05, 0) is 47.1 Å². The first-order valence-corrected chi connectivity index (χ1v) is 6.61. The number of rotatable bonds is 7. The maximum atomic E-state index is 9.21. The van der Waals surface area contributed by atoms with Crippen LogP contribution < -0.4 is 5.32 Å². The van der Waals surface area contributed by atoms with Crippen molar-refractivity contribution in [2.24, 2.45) is 5.92 Å². The van der Waals surface area contributed by atoms with E-state index in [0.29, 0.717) is 18.0 Å². The van der Waals surface area contributed by atoms with Gasteiger partial charge in [-0.2, -0.15) is 5.26 Å². The van der Waals surface area contributed by atoms with E-state index in [1.54, 1.807) is 0 Å². The Kier molecular flexibility index (Phi) is 6.74. The van der Waals surface area contributed by atoms with E-state index in [1.807, 2.05) is 14.0 Å². The van der Waals surface area contributed by atoms with E-state index < -0.39 is 5.54 Å². The summed E-state index contributed by atoms with van der Waals surface area (Å²) in [5.74, 6) is 0.655. The first-order valence-electron chi connectivity index (χ1n) is 6.61. The molecule has 0 radical (unpaired) electrons. The number of nitriles is 1. The van der Waals surface area contributed by atoms with Gasteiger partial charge >= 0.3 is 0 Å². The van der Waals surface area contributed by atoms with Crippen molar-refractivity contribution in [3.05, 3.63) is 0 Å². The molecule has 1 N–H and O–H groups in total. The van der Waals surface area contributed by atoms with E-state index in [0.717, 1.165) is 13.0 Å². The molecule has 0 amide bonds. The minimum Gasteiger partial charge on any atom is -0.303 e. The molecule has 0 spiro atoms. The van der Waals surface area contributed by atoms with Crippen molar-refractivity contribution in [1.82, 2.24) is 10.2 Å². The normalized spacial score (nSPS) is 17.2. The first-order chi connectivity index (χ1) is 7.75. The fraction of sp³-hybridized carbons (Fsp3) is 0.929. The van der Waals surface area contributed by atoms with Gasteiger partial charge in [0.2, 0.25) is 0 Å². The summed E-state index contributed by atoms with van der Waals surface area (Å²) in [6.45, 7) is 14.2. The van der Waals surface area contributed by atoms with E-state index >= 15 is 0 Å². The summed E-state index contributed by atoms with van der Waals surface area (Å²) in [6.07, 6.45) is 0.852. The van der Waals surface area contributed by atoms with Crippen molar-refractivity contribution >= 4 is 0 Å². The summed E-state index contributed by atoms with van der Waals surface area (Å²) >= 11 is 0. The second-order valence-electron chi connectivity index (χ2n) is 5.93. The molecule has 3 nitrogen and oxygen atoms in total. The molecule has 0 aromatic carbocycles. The zero-order valence-electron chi connectivity index (χ0n) is 12.5. The zero-order chi connectivity index (χ0) is 13.6. The van der Waals surface area contributed by atoms with Crippen molar-refractivity contribution in [1.29, 1.82) is 5.26 Å². The van der Waals surface area contributed by atoms with Crippen LogP contribution in [0.2, 0.25) is 0 Å². The van der Waals surface area contributed by atoms with E-state index in [4.69, 9.17) is 0 Å². The molecule has 0 aliphatic carbocycles. The zero-order valence-corrected chi connectivity index (χ0v) is 12.5. The summed E-state index contributed by atoms with van der Waals surface area (Å²) in [6, 6.07) is 3.30. The highest BCUT2D eigenvalue weighted by molar-refractivity contribution is 5.04. The van der Waals surface area contributed by atoms with Crippen LogP contribution in [0.4, 0.5) is 0 Å². The maximum Gasteiger partial charge on any atom is 0.105 e. The van der Waals surface area contributed by atoms with Crippen molar-refractivity contribution < 1.29 is 0 Å². The van der Waals surface area contributed by atoms with Gasteiger partial charge in [-0.1, -0.05) is 13.8 Å². The SMILES string of the molecule is CNC(C)(C#N)CC(C)N(CC(C)C)C(C)C. The Bertz CT molecular complexity index is 255. The van der Waals surface area contributed by atoms with Gasteiger partial charge in [-0.15, -0.1) is 0 Å². The molecule has 0 rings (SSSR count). The highest BCUT2D eigenvalue weighted by Crippen LogP contribution is 2.18. The Morgan fingerprint density at radius 1 is 1.24 bits per heavy atom. The summed E-state index contributed by atoms with van der Waals surface area (Å²) in [5, 5.41) is 12.3. The predicted molar refractivity (Wildman–Crippen MR) is 73.8 cm³/mol. The van der Waals surface area contributed by atoms with Gasteiger partial charge in [0.1, 0.15) is 5.54 Å². The van der Waals surface area contributed by atoms with Gasteiger partial charge in [0.05, 0.1) is 6.07 Å². The van der Waals surface area contributed by atoms with Crippen LogP contribution in [0, 0.1) is 17.2 Å². The van der Waals surface area contributed by atoms with Crippen molar-refractivity contribution in [3.63, 3.8) is 0 Å². The van der Waals surface area contributed by atoms with Crippen molar-refractivity contribution in [2.75, 3.05) is 13.6 Å². The Labute approximate surface area is 107 Å². The number of hydrogen-bond acceptors (Lipinski definition) is 3. The summed E-state index contributed by atoms with van der Waals surface area (Å²) < 4.78 is 0. The molecule has 0 aromatic heterocycles. The Morgan fingerprint density at radius 2 is 1.76 bits per heavy atom. The molecule has 0 fully saturated rings. The second-order valence-corrected chi connectivity index (χ2v) is 5.93. The highest BCUT2D eigenvalue weighted by Gasteiger charge is 2.28. The van der Waals surface area contributed by atoms with Gasteiger partial charge in [0.25, 0.3) is 0 Å². The molecule has 0 aliphatic rings. The van der Waals surface area contributed by atoms with Crippen molar-refractivity contribution in [3.8, 4) is 6.07 Å². The minimum atomic E-state index is -0.427. The molecule has 17 heavy (non-hydrogen) atoms. The lowest BCUT2D eigenvalue weighted by Gasteiger charge is -2.37. The third-order valence-electron chi connectivity index (χ3n) is 3.31. The third-order valence-corrected chi connectivity index (χ3v) is 3.31. The molecular weight excluding hydrogens is 210 g/mol. The van der Waals surface area contributed by atoms with Crippen LogP contribution in [0.5, 0.6) is 0 Å². The standard InChI is InChI=1S/C14H29N3/c1-11(2)9-17(12(3)4)13(5)8-14(6,10-15)16-7/h11-13,16H,8-9H2,1-7H3. The average Bonchev–Trinajstić information content (AvgIpc) is 2.24. The molecule has 0 bridgehead atoms. The lowest BCUT2D eigenvalue weighted by molar-refractivity contribution is 0.124. The lowest BCUT2D eigenvalue weighted by Crippen LogP contribution is -2.48. The van der Waals surface area contributed by atoms with Crippen LogP contribution in [0.25, 0.3) is 0 Å². The molecule has 100 valence electrons. The van der Waals surface area contributed by atoms with Crippen molar-refractivity contribution in [2.45, 2.75) is 65.6 Å². The van der Waals surface area contributed by atoms with Crippen LogP contribution in [0.3, 0.4) is 0 Å². The fourth-order valence-corrected chi connectivity index (χ4v) is 2.23. The average molecular weight is 239 g/mol. The largest absolute Gasteiger partial charge is 0.303 e. The quantitative estimate of drug-likeness (QED) is 0.742. The van der Waals surface area contributed by atoms with Gasteiger partial charge in [-0.25, -0.2) is 0 Å². The van der Waals surface area contributed by atoms with Crippen LogP contribution in [0.1, 0.15) is 48.0 Å². The van der Waals surface area contributed by atoms with Crippen LogP contribution in [-0.4, -0.2) is 36.1 Å². The third kappa shape index (κ3) is 5.52. The van der Waals surface area contributed by atoms with Gasteiger partial charge < -0.3 is 5.32 Å². The van der Waals surface area contributed by atoms with Gasteiger partial charge in [0.15, 0.2) is 0 Å². The molecule has 0 heterocycles. The van der Waals surface area contributed by atoms with E-state index in [2.05, 4.69) is 50.9 Å². The Hall–Kier alpha value is -0.590. The minimum absolute atomic E-state index is 0.412. The van der Waals surface area contributed by atoms with Crippen LogP contribution >= 0.6 is 0 Å². The summed E-state index contributed by atoms with van der Waals surface area (Å²) in [4.78, 5) is 2.48. The van der Waals surface area contributed by atoms with Crippen LogP contribution in [0.15, 0.2) is 0 Å². The molecule has 3 heteroatoms. The van der Waals surface area contributed by atoms with E-state index in [1.165, 1.54) is 0 Å². The molecule has 2 atom stereocenters. The number of nitrogens with one attached hydrogen (secondary N) is 1. The molecule has 2 unspecified atom stereocenters. The van der Waals surface area contributed by atoms with Gasteiger partial charge in [-0.3, -0.25) is 4.90 Å². The van der Waals surface area contributed by atoms with E-state index in [9.17, 15) is 5.26 Å². The molecular formula is C14H29N3. The highest BCUT2D eigenvalue weighted by atomic mass is 15.2. The number of nitrogens with zero attached hydrogens (tertiary/aromatic N) is 2. The fourth-order valence-electron chi connectivity index (χ4n) is 2.23. The molecule has 0 aromatic rings. The predicted octanol–water partition coefficient (Wildman–Crippen LogP) is 2.63. The Balaban J connectivity index is 4.63. The number of hydrogen-bond donors (Lipinski definition) is 1. The summed E-state index contributed by atoms with van der Waals surface area (Å²) in [7, 11) is 1.86. The van der Waals surface area contributed by atoms with Gasteiger partial charge in [0, 0.05) is 18.6 Å². The second kappa shape index (κ2) is 6.98. The summed E-state index contributed by atoms with van der Waals surface area (Å²) in [5.41, 5.74) is -0.427. The maximum absolute atomic E-state index is 9.21. The van der Waals surface area contributed by atoms with Crippen LogP contribution in [-0.2, 0) is 0 Å². The Morgan fingerprint density at radius 3 is 2.06 bits per heavy atom. The topological polar surface area (TPSA) is 39.1 Å².